The van der Waals surface area contributed by atoms with Crippen LogP contribution in [0.2, 0.25) is 10.0 Å². The number of rotatable bonds is 8. The van der Waals surface area contributed by atoms with Crippen molar-refractivity contribution in [3.63, 3.8) is 0 Å². The van der Waals surface area contributed by atoms with Gasteiger partial charge in [-0.15, -0.1) is 0 Å². The molecule has 3 aromatic rings. The van der Waals surface area contributed by atoms with E-state index in [0.29, 0.717) is 30.0 Å². The van der Waals surface area contributed by atoms with Crippen LogP contribution in [0.5, 0.6) is 0 Å². The summed E-state index contributed by atoms with van der Waals surface area (Å²) >= 11 is 12.7. The molecule has 6 heteroatoms. The Morgan fingerprint density at radius 3 is 2.18 bits per heavy atom. The SMILES string of the molecule is CCc1ccccc1CCc1c(Cl)cc(Cl)c(=O)n1CCc1ccc(C(=O)OC(C)(C)C)cc1. The van der Waals surface area contributed by atoms with Crippen molar-refractivity contribution in [1.82, 2.24) is 4.57 Å². The van der Waals surface area contributed by atoms with Crippen LogP contribution in [0.25, 0.3) is 0 Å². The van der Waals surface area contributed by atoms with Gasteiger partial charge in [-0.25, -0.2) is 4.79 Å². The second-order valence-electron chi connectivity index (χ2n) is 9.31. The molecular formula is C28H31Cl2NO3. The van der Waals surface area contributed by atoms with Gasteiger partial charge in [-0.2, -0.15) is 0 Å². The highest BCUT2D eigenvalue weighted by molar-refractivity contribution is 6.34. The smallest absolute Gasteiger partial charge is 0.338 e. The van der Waals surface area contributed by atoms with E-state index in [1.165, 1.54) is 11.1 Å². The van der Waals surface area contributed by atoms with Crippen molar-refractivity contribution in [2.75, 3.05) is 0 Å². The molecule has 0 saturated heterocycles. The third kappa shape index (κ3) is 6.74. The second kappa shape index (κ2) is 11.2. The molecule has 180 valence electrons. The molecule has 0 atom stereocenters. The first-order chi connectivity index (χ1) is 16.1. The molecular weight excluding hydrogens is 469 g/mol. The predicted molar refractivity (Wildman–Crippen MR) is 139 cm³/mol. The molecule has 0 amide bonds. The number of hydrogen-bond donors (Lipinski definition) is 0. The molecule has 1 heterocycles. The Hall–Kier alpha value is -2.56. The van der Waals surface area contributed by atoms with Crippen LogP contribution in [-0.4, -0.2) is 16.1 Å². The lowest BCUT2D eigenvalue weighted by atomic mass is 10.00. The van der Waals surface area contributed by atoms with Gasteiger partial charge in [0.1, 0.15) is 10.6 Å². The summed E-state index contributed by atoms with van der Waals surface area (Å²) in [6.45, 7) is 8.09. The summed E-state index contributed by atoms with van der Waals surface area (Å²) in [5.74, 6) is -0.355. The van der Waals surface area contributed by atoms with Crippen LogP contribution in [0.3, 0.4) is 0 Å². The third-order valence-electron chi connectivity index (χ3n) is 5.65. The molecule has 0 saturated carbocycles. The van der Waals surface area contributed by atoms with Crippen LogP contribution < -0.4 is 5.56 Å². The zero-order valence-electron chi connectivity index (χ0n) is 20.2. The van der Waals surface area contributed by atoms with Crippen molar-refractivity contribution < 1.29 is 9.53 Å². The number of ether oxygens (including phenoxy) is 1. The highest BCUT2D eigenvalue weighted by Gasteiger charge is 2.18. The van der Waals surface area contributed by atoms with Gasteiger partial charge in [-0.1, -0.05) is 66.5 Å². The van der Waals surface area contributed by atoms with Crippen molar-refractivity contribution in [2.45, 2.75) is 65.5 Å². The molecule has 0 unspecified atom stereocenters. The predicted octanol–water partition coefficient (Wildman–Crippen LogP) is 6.70. The standard InChI is InChI=1S/C28H31Cl2NO3/c1-5-20-8-6-7-9-21(20)14-15-25-23(29)18-24(30)26(32)31(25)17-16-19-10-12-22(13-11-19)27(33)34-28(2,3)4/h6-13,18H,5,14-17H2,1-4H3. The first-order valence-electron chi connectivity index (χ1n) is 11.6. The number of pyridine rings is 1. The van der Waals surface area contributed by atoms with Gasteiger partial charge in [-0.05, 0) is 81.3 Å². The molecule has 0 radical (unpaired) electrons. The average molecular weight is 500 g/mol. The summed E-state index contributed by atoms with van der Waals surface area (Å²) in [5.41, 5.74) is 4.05. The zero-order chi connectivity index (χ0) is 24.9. The minimum absolute atomic E-state index is 0.114. The van der Waals surface area contributed by atoms with Crippen LogP contribution in [0.4, 0.5) is 0 Å². The van der Waals surface area contributed by atoms with E-state index in [-0.39, 0.29) is 16.6 Å². The lowest BCUT2D eigenvalue weighted by molar-refractivity contribution is 0.00695. The number of carbonyl (C=O) groups excluding carboxylic acids is 1. The highest BCUT2D eigenvalue weighted by atomic mass is 35.5. The molecule has 0 fully saturated rings. The lowest BCUT2D eigenvalue weighted by Crippen LogP contribution is -2.26. The normalized spacial score (nSPS) is 11.5. The highest BCUT2D eigenvalue weighted by Crippen LogP contribution is 2.22. The van der Waals surface area contributed by atoms with Crippen LogP contribution in [0.1, 0.15) is 60.4 Å². The third-order valence-corrected chi connectivity index (χ3v) is 6.25. The molecule has 2 aromatic carbocycles. The van der Waals surface area contributed by atoms with Crippen LogP contribution >= 0.6 is 23.2 Å². The molecule has 0 bridgehead atoms. The summed E-state index contributed by atoms with van der Waals surface area (Å²) in [4.78, 5) is 25.1. The summed E-state index contributed by atoms with van der Waals surface area (Å²) < 4.78 is 7.10. The van der Waals surface area contributed by atoms with Gasteiger partial charge in [-0.3, -0.25) is 4.79 Å². The number of aromatic nitrogens is 1. The van der Waals surface area contributed by atoms with Crippen LogP contribution in [0, 0.1) is 0 Å². The molecule has 0 aliphatic carbocycles. The van der Waals surface area contributed by atoms with Gasteiger partial charge in [0, 0.05) is 12.2 Å². The fourth-order valence-corrected chi connectivity index (χ4v) is 4.48. The van der Waals surface area contributed by atoms with Gasteiger partial charge in [0.25, 0.3) is 5.56 Å². The van der Waals surface area contributed by atoms with E-state index < -0.39 is 5.60 Å². The number of aryl methyl sites for hydroxylation is 3. The van der Waals surface area contributed by atoms with Crippen LogP contribution in [0.15, 0.2) is 59.4 Å². The Labute approximate surface area is 211 Å². The topological polar surface area (TPSA) is 48.3 Å². The molecule has 4 nitrogen and oxygen atoms in total. The van der Waals surface area contributed by atoms with E-state index in [9.17, 15) is 9.59 Å². The van der Waals surface area contributed by atoms with E-state index in [4.69, 9.17) is 27.9 Å². The minimum atomic E-state index is -0.545. The molecule has 1 aromatic heterocycles. The molecule has 0 N–H and O–H groups in total. The average Bonchev–Trinajstić information content (AvgIpc) is 2.79. The molecule has 0 aliphatic heterocycles. The summed E-state index contributed by atoms with van der Waals surface area (Å²) in [7, 11) is 0. The number of nitrogens with zero attached hydrogens (tertiary/aromatic N) is 1. The fraction of sp³-hybridized carbons (Fsp3) is 0.357. The van der Waals surface area contributed by atoms with E-state index >= 15 is 0 Å². The lowest BCUT2D eigenvalue weighted by Gasteiger charge is -2.19. The Bertz CT molecular complexity index is 1210. The maximum atomic E-state index is 12.9. The van der Waals surface area contributed by atoms with Crippen molar-refractivity contribution in [3.05, 3.63) is 103 Å². The van der Waals surface area contributed by atoms with E-state index in [0.717, 1.165) is 24.1 Å². The largest absolute Gasteiger partial charge is 0.456 e. The Kier molecular flexibility index (Phi) is 8.62. The van der Waals surface area contributed by atoms with Crippen molar-refractivity contribution in [2.24, 2.45) is 0 Å². The summed E-state index contributed by atoms with van der Waals surface area (Å²) in [5, 5.41) is 0.613. The van der Waals surface area contributed by atoms with Crippen molar-refractivity contribution in [1.29, 1.82) is 0 Å². The first kappa shape index (κ1) is 26.1. The van der Waals surface area contributed by atoms with Crippen LogP contribution in [-0.2, 0) is 37.0 Å². The summed E-state index contributed by atoms with van der Waals surface area (Å²) in [6, 6.07) is 17.1. The number of hydrogen-bond acceptors (Lipinski definition) is 3. The van der Waals surface area contributed by atoms with E-state index in [1.807, 2.05) is 45.0 Å². The fourth-order valence-electron chi connectivity index (χ4n) is 3.91. The molecule has 0 spiro atoms. The Morgan fingerprint density at radius 1 is 0.912 bits per heavy atom. The van der Waals surface area contributed by atoms with Gasteiger partial charge in [0.05, 0.1) is 10.6 Å². The van der Waals surface area contributed by atoms with Gasteiger partial charge in [0.2, 0.25) is 0 Å². The second-order valence-corrected chi connectivity index (χ2v) is 10.1. The molecule has 3 rings (SSSR count). The minimum Gasteiger partial charge on any atom is -0.456 e. The quantitative estimate of drug-likeness (QED) is 0.324. The number of carbonyl (C=O) groups is 1. The number of halogens is 2. The summed E-state index contributed by atoms with van der Waals surface area (Å²) in [6.07, 6.45) is 2.98. The van der Waals surface area contributed by atoms with Gasteiger partial charge >= 0.3 is 5.97 Å². The van der Waals surface area contributed by atoms with Gasteiger partial charge < -0.3 is 9.30 Å². The number of esters is 1. The van der Waals surface area contributed by atoms with E-state index in [2.05, 4.69) is 19.1 Å². The maximum absolute atomic E-state index is 12.9. The Balaban J connectivity index is 1.78. The molecule has 0 aliphatic rings. The van der Waals surface area contributed by atoms with Crippen molar-refractivity contribution >= 4 is 29.2 Å². The van der Waals surface area contributed by atoms with Crippen molar-refractivity contribution in [3.8, 4) is 0 Å². The zero-order valence-corrected chi connectivity index (χ0v) is 21.7. The molecule has 34 heavy (non-hydrogen) atoms. The first-order valence-corrected chi connectivity index (χ1v) is 12.3. The Morgan fingerprint density at radius 2 is 1.56 bits per heavy atom. The van der Waals surface area contributed by atoms with E-state index in [1.54, 1.807) is 22.8 Å². The maximum Gasteiger partial charge on any atom is 0.338 e. The van der Waals surface area contributed by atoms with Gasteiger partial charge in [0.15, 0.2) is 0 Å². The number of benzene rings is 2. The monoisotopic (exact) mass is 499 g/mol.